The normalized spacial score (nSPS) is 9.73. The Hall–Kier alpha value is -1.82. The lowest BCUT2D eigenvalue weighted by Crippen LogP contribution is -2.10. The van der Waals surface area contributed by atoms with Crippen molar-refractivity contribution >= 4 is 11.7 Å². The van der Waals surface area contributed by atoms with Crippen LogP contribution in [0.15, 0.2) is 12.3 Å². The van der Waals surface area contributed by atoms with Crippen LogP contribution in [0, 0.1) is 0 Å². The average Bonchev–Trinajstić information content (AvgIpc) is 2.26. The lowest BCUT2D eigenvalue weighted by molar-refractivity contribution is 0.0593. The topological polar surface area (TPSA) is 94.7 Å². The summed E-state index contributed by atoms with van der Waals surface area (Å²) in [6.07, 6.45) is 1.36. The highest BCUT2D eigenvalue weighted by atomic mass is 16.5. The molecule has 0 amide bonds. The van der Waals surface area contributed by atoms with E-state index in [1.54, 1.807) is 0 Å². The molecule has 0 aliphatic rings. The number of rotatable bonds is 4. The number of nitrogen functional groups attached to an aromatic ring is 1. The number of ether oxygens (including phenoxy) is 2. The molecule has 0 bridgehead atoms. The van der Waals surface area contributed by atoms with Gasteiger partial charge in [-0.05, 0) is 6.07 Å². The minimum atomic E-state index is -0.581. The van der Waals surface area contributed by atoms with E-state index in [4.69, 9.17) is 15.6 Å². The molecule has 6 heteroatoms. The van der Waals surface area contributed by atoms with Crippen molar-refractivity contribution in [2.24, 2.45) is 0 Å². The third-order valence-electron chi connectivity index (χ3n) is 1.61. The fourth-order valence-electron chi connectivity index (χ4n) is 0.982. The Labute approximate surface area is 86.6 Å². The molecule has 0 radical (unpaired) electrons. The summed E-state index contributed by atoms with van der Waals surface area (Å²) in [6.45, 7) is -0.104. The van der Waals surface area contributed by atoms with Crippen LogP contribution in [0.4, 0.5) is 5.69 Å². The summed E-state index contributed by atoms with van der Waals surface area (Å²) in [4.78, 5) is 15.1. The van der Waals surface area contributed by atoms with Crippen molar-refractivity contribution in [2.45, 2.75) is 0 Å². The minimum absolute atomic E-state index is 0.0565. The molecule has 3 N–H and O–H groups in total. The molecule has 0 saturated carbocycles. The number of esters is 1. The molecule has 15 heavy (non-hydrogen) atoms. The molecule has 0 spiro atoms. The second-order valence-corrected chi connectivity index (χ2v) is 2.69. The van der Waals surface area contributed by atoms with Gasteiger partial charge in [-0.3, -0.25) is 0 Å². The Kier molecular flexibility index (Phi) is 3.87. The van der Waals surface area contributed by atoms with Crippen molar-refractivity contribution in [1.82, 2.24) is 4.98 Å². The largest absolute Gasteiger partial charge is 0.475 e. The molecule has 0 unspecified atom stereocenters. The lowest BCUT2D eigenvalue weighted by Gasteiger charge is -2.08. The molecule has 1 heterocycles. The summed E-state index contributed by atoms with van der Waals surface area (Å²) >= 11 is 0. The van der Waals surface area contributed by atoms with Gasteiger partial charge < -0.3 is 20.3 Å². The van der Waals surface area contributed by atoms with E-state index in [0.29, 0.717) is 5.69 Å². The van der Waals surface area contributed by atoms with Crippen LogP contribution in [0.3, 0.4) is 0 Å². The third-order valence-corrected chi connectivity index (χ3v) is 1.61. The molecule has 82 valence electrons. The molecule has 1 aromatic heterocycles. The van der Waals surface area contributed by atoms with Crippen molar-refractivity contribution < 1.29 is 19.4 Å². The predicted octanol–water partition coefficient (Wildman–Crippen LogP) is -0.178. The lowest BCUT2D eigenvalue weighted by atomic mass is 10.2. The van der Waals surface area contributed by atoms with Crippen molar-refractivity contribution in [1.29, 1.82) is 0 Å². The molecule has 0 fully saturated rings. The highest BCUT2D eigenvalue weighted by Gasteiger charge is 2.14. The maximum Gasteiger partial charge on any atom is 0.343 e. The van der Waals surface area contributed by atoms with E-state index in [9.17, 15) is 4.79 Å². The molecule has 1 aromatic rings. The van der Waals surface area contributed by atoms with Crippen molar-refractivity contribution in [2.75, 3.05) is 26.1 Å². The summed E-state index contributed by atoms with van der Waals surface area (Å²) in [5, 5.41) is 8.58. The summed E-state index contributed by atoms with van der Waals surface area (Å²) < 4.78 is 9.58. The standard InChI is InChI=1S/C9H12N2O4/c1-14-9(13)7-4-6(10)5-11-8(7)15-3-2-12/h4-5,12H,2-3,10H2,1H3. The summed E-state index contributed by atoms with van der Waals surface area (Å²) in [5.74, 6) is -0.479. The number of aliphatic hydroxyl groups is 1. The Morgan fingerprint density at radius 1 is 1.67 bits per heavy atom. The zero-order chi connectivity index (χ0) is 11.3. The van der Waals surface area contributed by atoms with Gasteiger partial charge in [0.2, 0.25) is 5.88 Å². The maximum absolute atomic E-state index is 11.3. The van der Waals surface area contributed by atoms with E-state index < -0.39 is 5.97 Å². The van der Waals surface area contributed by atoms with Gasteiger partial charge in [0, 0.05) is 0 Å². The smallest absolute Gasteiger partial charge is 0.343 e. The van der Waals surface area contributed by atoms with Gasteiger partial charge in [-0.15, -0.1) is 0 Å². The van der Waals surface area contributed by atoms with Gasteiger partial charge in [-0.25, -0.2) is 9.78 Å². The number of aliphatic hydroxyl groups excluding tert-OH is 1. The van der Waals surface area contributed by atoms with Gasteiger partial charge in [0.25, 0.3) is 0 Å². The van der Waals surface area contributed by atoms with Crippen LogP contribution in [-0.4, -0.2) is 36.4 Å². The Bertz CT molecular complexity index is 354. The second kappa shape index (κ2) is 5.16. The van der Waals surface area contributed by atoms with Crippen LogP contribution in [-0.2, 0) is 4.74 Å². The van der Waals surface area contributed by atoms with E-state index in [2.05, 4.69) is 9.72 Å². The number of nitrogens with two attached hydrogens (primary N) is 1. The number of carbonyl (C=O) groups is 1. The van der Waals surface area contributed by atoms with Gasteiger partial charge in [-0.1, -0.05) is 0 Å². The van der Waals surface area contributed by atoms with Gasteiger partial charge >= 0.3 is 5.97 Å². The first-order valence-electron chi connectivity index (χ1n) is 4.26. The molecule has 6 nitrogen and oxygen atoms in total. The first-order valence-corrected chi connectivity index (χ1v) is 4.26. The van der Waals surface area contributed by atoms with Crippen LogP contribution < -0.4 is 10.5 Å². The quantitative estimate of drug-likeness (QED) is 0.672. The number of aromatic nitrogens is 1. The van der Waals surface area contributed by atoms with Gasteiger partial charge in [0.15, 0.2) is 0 Å². The number of nitrogens with zero attached hydrogens (tertiary/aromatic N) is 1. The maximum atomic E-state index is 11.3. The second-order valence-electron chi connectivity index (χ2n) is 2.69. The highest BCUT2D eigenvalue weighted by Crippen LogP contribution is 2.18. The first-order chi connectivity index (χ1) is 7.19. The van der Waals surface area contributed by atoms with E-state index in [0.717, 1.165) is 0 Å². The van der Waals surface area contributed by atoms with Crippen molar-refractivity contribution in [3.63, 3.8) is 0 Å². The molecule has 0 aliphatic carbocycles. The van der Waals surface area contributed by atoms with Gasteiger partial charge in [0.1, 0.15) is 12.2 Å². The SMILES string of the molecule is COC(=O)c1cc(N)cnc1OCCO. The number of anilines is 1. The zero-order valence-corrected chi connectivity index (χ0v) is 8.27. The van der Waals surface area contributed by atoms with E-state index >= 15 is 0 Å². The van der Waals surface area contributed by atoms with E-state index in [-0.39, 0.29) is 24.7 Å². The summed E-state index contributed by atoms with van der Waals surface area (Å²) in [6, 6.07) is 1.41. The molecule has 1 rings (SSSR count). The first kappa shape index (κ1) is 11.3. The van der Waals surface area contributed by atoms with Crippen LogP contribution in [0.2, 0.25) is 0 Å². The number of pyridine rings is 1. The van der Waals surface area contributed by atoms with Crippen LogP contribution in [0.1, 0.15) is 10.4 Å². The summed E-state index contributed by atoms with van der Waals surface area (Å²) in [5.41, 5.74) is 5.96. The molecular weight excluding hydrogens is 200 g/mol. The number of hydrogen-bond donors (Lipinski definition) is 2. The van der Waals surface area contributed by atoms with Crippen LogP contribution in [0.5, 0.6) is 5.88 Å². The van der Waals surface area contributed by atoms with Crippen molar-refractivity contribution in [3.8, 4) is 5.88 Å². The molecular formula is C9H12N2O4. The third kappa shape index (κ3) is 2.81. The van der Waals surface area contributed by atoms with Gasteiger partial charge in [0.05, 0.1) is 25.6 Å². The van der Waals surface area contributed by atoms with E-state index in [1.807, 2.05) is 0 Å². The van der Waals surface area contributed by atoms with Crippen LogP contribution >= 0.6 is 0 Å². The highest BCUT2D eigenvalue weighted by molar-refractivity contribution is 5.92. The van der Waals surface area contributed by atoms with Crippen LogP contribution in [0.25, 0.3) is 0 Å². The average molecular weight is 212 g/mol. The number of carbonyl (C=O) groups excluding carboxylic acids is 1. The summed E-state index contributed by atoms with van der Waals surface area (Å²) in [7, 11) is 1.25. The number of hydrogen-bond acceptors (Lipinski definition) is 6. The molecule has 0 aromatic carbocycles. The Morgan fingerprint density at radius 2 is 2.40 bits per heavy atom. The Morgan fingerprint density at radius 3 is 3.00 bits per heavy atom. The molecule has 0 aliphatic heterocycles. The fraction of sp³-hybridized carbons (Fsp3) is 0.333. The molecule has 0 saturated heterocycles. The zero-order valence-electron chi connectivity index (χ0n) is 8.27. The number of methoxy groups -OCH3 is 1. The predicted molar refractivity (Wildman–Crippen MR) is 52.6 cm³/mol. The fourth-order valence-corrected chi connectivity index (χ4v) is 0.982. The Balaban J connectivity index is 2.97. The molecule has 0 atom stereocenters. The van der Waals surface area contributed by atoms with Gasteiger partial charge in [-0.2, -0.15) is 0 Å². The van der Waals surface area contributed by atoms with E-state index in [1.165, 1.54) is 19.4 Å². The minimum Gasteiger partial charge on any atom is -0.475 e. The monoisotopic (exact) mass is 212 g/mol. The van der Waals surface area contributed by atoms with Crippen molar-refractivity contribution in [3.05, 3.63) is 17.8 Å².